The van der Waals surface area contributed by atoms with E-state index in [0.29, 0.717) is 0 Å². The number of phenols is 2. The molecule has 0 aromatic heterocycles. The van der Waals surface area contributed by atoms with Crippen molar-refractivity contribution < 1.29 is 19.7 Å². The summed E-state index contributed by atoms with van der Waals surface area (Å²) < 4.78 is 11.5. The minimum atomic E-state index is -0.500. The zero-order valence-electron chi connectivity index (χ0n) is 22.9. The minimum Gasteiger partial charge on any atom is -0.508 e. The van der Waals surface area contributed by atoms with Crippen molar-refractivity contribution in [3.05, 3.63) is 138 Å². The molecular formula is C35H33NO4. The monoisotopic (exact) mass is 531 g/mol. The quantitative estimate of drug-likeness (QED) is 0.187. The van der Waals surface area contributed by atoms with Crippen molar-refractivity contribution in [2.24, 2.45) is 0 Å². The highest BCUT2D eigenvalue weighted by atomic mass is 16.5. The zero-order valence-corrected chi connectivity index (χ0v) is 22.9. The van der Waals surface area contributed by atoms with Crippen LogP contribution in [0.25, 0.3) is 0 Å². The molecule has 0 atom stereocenters. The minimum absolute atomic E-state index is 0.221. The molecule has 5 nitrogen and oxygen atoms in total. The summed E-state index contributed by atoms with van der Waals surface area (Å²) in [7, 11) is 3.35. The Balaban J connectivity index is 1.69. The number of rotatable bonds is 9. The van der Waals surface area contributed by atoms with Gasteiger partial charge in [0, 0.05) is 11.1 Å². The maximum atomic E-state index is 10.0. The van der Waals surface area contributed by atoms with Crippen molar-refractivity contribution in [3.63, 3.8) is 0 Å². The molecule has 5 aromatic rings. The molecule has 40 heavy (non-hydrogen) atoms. The predicted molar refractivity (Wildman–Crippen MR) is 161 cm³/mol. The number of methoxy groups -OCH3 is 2. The average molecular weight is 532 g/mol. The second-order valence-electron chi connectivity index (χ2n) is 9.58. The molecule has 0 fully saturated rings. The third-order valence-corrected chi connectivity index (χ3v) is 7.52. The number of ether oxygens (including phenoxy) is 2. The standard InChI is InChI=1S/C35H33NO4/c1-4-35(26-15-21-29(37)22-16-26,27-17-23-30(38)24-18-27)25-13-19-28(20-14-25)36(31-9-5-7-11-33(31)39-2)32-10-6-8-12-34(32)40-3/h5-24,37-38H,4H2,1-3H3. The number of benzene rings is 5. The molecule has 0 aliphatic rings. The smallest absolute Gasteiger partial charge is 0.142 e. The maximum Gasteiger partial charge on any atom is 0.142 e. The molecule has 0 aliphatic carbocycles. The fraction of sp³-hybridized carbons (Fsp3) is 0.143. The Morgan fingerprint density at radius 3 is 1.30 bits per heavy atom. The van der Waals surface area contributed by atoms with Crippen LogP contribution in [0.5, 0.6) is 23.0 Å². The lowest BCUT2D eigenvalue weighted by molar-refractivity contribution is 0.412. The number of phenolic OH excluding ortho intramolecular Hbond substituents is 2. The molecule has 0 radical (unpaired) electrons. The summed E-state index contributed by atoms with van der Waals surface area (Å²) in [5.41, 5.74) is 5.42. The molecule has 0 saturated carbocycles. The van der Waals surface area contributed by atoms with E-state index in [-0.39, 0.29) is 11.5 Å². The maximum absolute atomic E-state index is 10.0. The number of nitrogens with zero attached hydrogens (tertiary/aromatic N) is 1. The van der Waals surface area contributed by atoms with Gasteiger partial charge < -0.3 is 24.6 Å². The second-order valence-corrected chi connectivity index (χ2v) is 9.58. The van der Waals surface area contributed by atoms with Crippen LogP contribution in [-0.2, 0) is 5.41 Å². The highest BCUT2D eigenvalue weighted by Gasteiger charge is 2.35. The molecule has 0 heterocycles. The summed E-state index contributed by atoms with van der Waals surface area (Å²) in [6.07, 6.45) is 0.768. The summed E-state index contributed by atoms with van der Waals surface area (Å²) in [6.45, 7) is 2.16. The molecule has 5 heteroatoms. The van der Waals surface area contributed by atoms with E-state index in [4.69, 9.17) is 9.47 Å². The van der Waals surface area contributed by atoms with Gasteiger partial charge in [-0.05, 0) is 83.8 Å². The first-order valence-electron chi connectivity index (χ1n) is 13.3. The summed E-state index contributed by atoms with van der Waals surface area (Å²) >= 11 is 0. The summed E-state index contributed by atoms with van der Waals surface area (Å²) in [6, 6.07) is 39.1. The Kier molecular flexibility index (Phi) is 7.65. The van der Waals surface area contributed by atoms with Crippen LogP contribution in [0.2, 0.25) is 0 Å². The van der Waals surface area contributed by atoms with Crippen LogP contribution in [-0.4, -0.2) is 24.4 Å². The summed E-state index contributed by atoms with van der Waals surface area (Å²) in [5.74, 6) is 1.93. The summed E-state index contributed by atoms with van der Waals surface area (Å²) in [4.78, 5) is 2.14. The van der Waals surface area contributed by atoms with Gasteiger partial charge >= 0.3 is 0 Å². The van der Waals surface area contributed by atoms with Crippen LogP contribution in [0.3, 0.4) is 0 Å². The van der Waals surface area contributed by atoms with Gasteiger partial charge in [0.1, 0.15) is 23.0 Å². The molecule has 0 saturated heterocycles. The van der Waals surface area contributed by atoms with Crippen LogP contribution in [0, 0.1) is 0 Å². The fourth-order valence-corrected chi connectivity index (χ4v) is 5.54. The van der Waals surface area contributed by atoms with Crippen molar-refractivity contribution in [1.82, 2.24) is 0 Å². The zero-order chi connectivity index (χ0) is 28.1. The van der Waals surface area contributed by atoms with Crippen molar-refractivity contribution in [2.45, 2.75) is 18.8 Å². The highest BCUT2D eigenvalue weighted by molar-refractivity contribution is 5.83. The molecule has 2 N–H and O–H groups in total. The molecule has 0 unspecified atom stereocenters. The lowest BCUT2D eigenvalue weighted by Crippen LogP contribution is -2.28. The lowest BCUT2D eigenvalue weighted by atomic mass is 9.67. The Hall–Kier alpha value is -4.90. The Bertz CT molecular complexity index is 1470. The molecule has 0 aliphatic heterocycles. The lowest BCUT2D eigenvalue weighted by Gasteiger charge is -2.36. The number of hydrogen-bond acceptors (Lipinski definition) is 5. The molecule has 5 rings (SSSR count). The summed E-state index contributed by atoms with van der Waals surface area (Å²) in [5, 5.41) is 20.0. The SMILES string of the molecule is CCC(c1ccc(O)cc1)(c1ccc(O)cc1)c1ccc(N(c2ccccc2OC)c2ccccc2OC)cc1. The van der Waals surface area contributed by atoms with E-state index < -0.39 is 5.41 Å². The Morgan fingerprint density at radius 2 is 0.925 bits per heavy atom. The topological polar surface area (TPSA) is 62.2 Å². The van der Waals surface area contributed by atoms with Gasteiger partial charge in [-0.15, -0.1) is 0 Å². The van der Waals surface area contributed by atoms with Crippen LogP contribution in [0.1, 0.15) is 30.0 Å². The van der Waals surface area contributed by atoms with E-state index in [1.54, 1.807) is 38.5 Å². The van der Waals surface area contributed by atoms with Crippen molar-refractivity contribution in [3.8, 4) is 23.0 Å². The van der Waals surface area contributed by atoms with E-state index in [0.717, 1.165) is 51.7 Å². The van der Waals surface area contributed by atoms with E-state index >= 15 is 0 Å². The van der Waals surface area contributed by atoms with Gasteiger partial charge in [-0.25, -0.2) is 0 Å². The number of aromatic hydroxyl groups is 2. The second kappa shape index (κ2) is 11.5. The molecule has 5 aromatic carbocycles. The van der Waals surface area contributed by atoms with E-state index in [1.807, 2.05) is 72.8 Å². The first-order chi connectivity index (χ1) is 19.5. The molecule has 202 valence electrons. The van der Waals surface area contributed by atoms with E-state index in [1.165, 1.54) is 0 Å². The van der Waals surface area contributed by atoms with E-state index in [9.17, 15) is 10.2 Å². The molecule has 0 amide bonds. The predicted octanol–water partition coefficient (Wildman–Crippen LogP) is 8.33. The Labute approximate surface area is 235 Å². The van der Waals surface area contributed by atoms with Crippen LogP contribution in [0.4, 0.5) is 17.1 Å². The molecular weight excluding hydrogens is 498 g/mol. The fourth-order valence-electron chi connectivity index (χ4n) is 5.54. The van der Waals surface area contributed by atoms with Gasteiger partial charge in [0.05, 0.1) is 25.6 Å². The first-order valence-corrected chi connectivity index (χ1v) is 13.3. The van der Waals surface area contributed by atoms with Crippen LogP contribution in [0.15, 0.2) is 121 Å². The van der Waals surface area contributed by atoms with Crippen molar-refractivity contribution >= 4 is 17.1 Å². The van der Waals surface area contributed by atoms with E-state index in [2.05, 4.69) is 36.1 Å². The van der Waals surface area contributed by atoms with Gasteiger partial charge in [0.15, 0.2) is 0 Å². The number of hydrogen-bond donors (Lipinski definition) is 2. The number of anilines is 3. The third-order valence-electron chi connectivity index (χ3n) is 7.52. The largest absolute Gasteiger partial charge is 0.508 e. The van der Waals surface area contributed by atoms with Crippen molar-refractivity contribution in [1.29, 1.82) is 0 Å². The van der Waals surface area contributed by atoms with Gasteiger partial charge in [-0.1, -0.05) is 67.6 Å². The van der Waals surface area contributed by atoms with Crippen molar-refractivity contribution in [2.75, 3.05) is 19.1 Å². The number of para-hydroxylation sites is 4. The Morgan fingerprint density at radius 1 is 0.550 bits per heavy atom. The highest BCUT2D eigenvalue weighted by Crippen LogP contribution is 2.46. The first kappa shape index (κ1) is 26.7. The molecule has 0 bridgehead atoms. The van der Waals surface area contributed by atoms with Crippen LogP contribution >= 0.6 is 0 Å². The average Bonchev–Trinajstić information content (AvgIpc) is 3.00. The van der Waals surface area contributed by atoms with Crippen LogP contribution < -0.4 is 14.4 Å². The third kappa shape index (κ3) is 4.82. The normalized spacial score (nSPS) is 11.2. The van der Waals surface area contributed by atoms with Gasteiger partial charge in [0.25, 0.3) is 0 Å². The molecule has 0 spiro atoms. The van der Waals surface area contributed by atoms with Gasteiger partial charge in [-0.3, -0.25) is 0 Å². The van der Waals surface area contributed by atoms with Gasteiger partial charge in [-0.2, -0.15) is 0 Å². The van der Waals surface area contributed by atoms with Gasteiger partial charge in [0.2, 0.25) is 0 Å².